The molecule has 0 radical (unpaired) electrons. The summed E-state index contributed by atoms with van der Waals surface area (Å²) in [6.45, 7) is 0. The van der Waals surface area contributed by atoms with E-state index in [0.717, 1.165) is 50.7 Å². The maximum Gasteiger partial charge on any atom is 0.416 e. The Hall–Kier alpha value is -1.72. The third-order valence-electron chi connectivity index (χ3n) is 4.36. The second-order valence-electron chi connectivity index (χ2n) is 5.83. The topological polar surface area (TPSA) is 41.1 Å². The van der Waals surface area contributed by atoms with Crippen LogP contribution >= 0.6 is 0 Å². The normalized spacial score (nSPS) is 21.2. The average molecular weight is 298 g/mol. The Bertz CT molecular complexity index is 561. The van der Waals surface area contributed by atoms with E-state index in [1.165, 1.54) is 6.07 Å². The second-order valence-corrected chi connectivity index (χ2v) is 5.83. The van der Waals surface area contributed by atoms with Crippen LogP contribution in [0.3, 0.4) is 0 Å². The molecular formula is C15H17F3N2O. The van der Waals surface area contributed by atoms with Crippen molar-refractivity contribution in [3.8, 4) is 0 Å². The monoisotopic (exact) mass is 298 g/mol. The number of nitrogens with one attached hydrogen (secondary N) is 2. The van der Waals surface area contributed by atoms with Crippen molar-refractivity contribution in [1.29, 1.82) is 0 Å². The van der Waals surface area contributed by atoms with Gasteiger partial charge in [0.15, 0.2) is 0 Å². The van der Waals surface area contributed by atoms with E-state index >= 15 is 0 Å². The molecule has 0 saturated heterocycles. The first-order valence-electron chi connectivity index (χ1n) is 7.22. The lowest BCUT2D eigenvalue weighted by Gasteiger charge is -2.38. The largest absolute Gasteiger partial charge is 0.416 e. The fraction of sp³-hybridized carbons (Fsp3) is 0.533. The molecular weight excluding hydrogens is 281 g/mol. The second kappa shape index (κ2) is 4.93. The molecule has 114 valence electrons. The van der Waals surface area contributed by atoms with Gasteiger partial charge in [0.05, 0.1) is 16.9 Å². The average Bonchev–Trinajstić information content (AvgIpc) is 2.65. The summed E-state index contributed by atoms with van der Waals surface area (Å²) in [7, 11) is 0. The van der Waals surface area contributed by atoms with Gasteiger partial charge in [-0.1, -0.05) is 25.7 Å². The SMILES string of the molecule is O=C1Nc2cc(C(F)(F)F)ccc2NC12CCCCCC2. The van der Waals surface area contributed by atoms with Gasteiger partial charge in [-0.2, -0.15) is 13.2 Å². The smallest absolute Gasteiger partial charge is 0.370 e. The van der Waals surface area contributed by atoms with E-state index < -0.39 is 17.3 Å². The maximum absolute atomic E-state index is 12.7. The summed E-state index contributed by atoms with van der Waals surface area (Å²) in [4.78, 5) is 12.4. The maximum atomic E-state index is 12.7. The molecule has 1 aromatic rings. The lowest BCUT2D eigenvalue weighted by atomic mass is 9.86. The highest BCUT2D eigenvalue weighted by Gasteiger charge is 2.42. The first kappa shape index (κ1) is 14.2. The number of alkyl halides is 3. The minimum absolute atomic E-state index is 0.212. The zero-order valence-corrected chi connectivity index (χ0v) is 11.5. The van der Waals surface area contributed by atoms with Crippen LogP contribution in [0, 0.1) is 0 Å². The molecule has 2 N–H and O–H groups in total. The molecule has 0 atom stereocenters. The Morgan fingerprint density at radius 1 is 1.00 bits per heavy atom. The van der Waals surface area contributed by atoms with Crippen molar-refractivity contribution >= 4 is 17.3 Å². The zero-order chi connectivity index (χ0) is 15.1. The van der Waals surface area contributed by atoms with Crippen LogP contribution in [0.5, 0.6) is 0 Å². The minimum Gasteiger partial charge on any atom is -0.370 e. The minimum atomic E-state index is -4.41. The fourth-order valence-corrected chi connectivity index (χ4v) is 3.17. The Kier molecular flexibility index (Phi) is 3.34. The van der Waals surface area contributed by atoms with Crippen LogP contribution in [0.2, 0.25) is 0 Å². The molecule has 1 saturated carbocycles. The van der Waals surface area contributed by atoms with Crippen LogP contribution in [0.4, 0.5) is 24.5 Å². The van der Waals surface area contributed by atoms with Crippen LogP contribution < -0.4 is 10.6 Å². The van der Waals surface area contributed by atoms with Crippen molar-refractivity contribution in [2.45, 2.75) is 50.2 Å². The quantitative estimate of drug-likeness (QED) is 0.755. The van der Waals surface area contributed by atoms with Gasteiger partial charge in [-0.25, -0.2) is 0 Å². The van der Waals surface area contributed by atoms with Gasteiger partial charge in [0.25, 0.3) is 0 Å². The Balaban J connectivity index is 1.93. The van der Waals surface area contributed by atoms with Crippen LogP contribution in [-0.4, -0.2) is 11.4 Å². The summed E-state index contributed by atoms with van der Waals surface area (Å²) in [5.74, 6) is -0.212. The third kappa shape index (κ3) is 2.59. The first-order valence-corrected chi connectivity index (χ1v) is 7.22. The van der Waals surface area contributed by atoms with E-state index in [-0.39, 0.29) is 11.6 Å². The van der Waals surface area contributed by atoms with Gasteiger partial charge in [-0.05, 0) is 31.0 Å². The molecule has 0 aromatic heterocycles. The first-order chi connectivity index (χ1) is 9.91. The number of hydrogen-bond acceptors (Lipinski definition) is 2. The highest BCUT2D eigenvalue weighted by atomic mass is 19.4. The molecule has 1 amide bonds. The molecule has 1 heterocycles. The van der Waals surface area contributed by atoms with Gasteiger partial charge in [0, 0.05) is 0 Å². The van der Waals surface area contributed by atoms with Gasteiger partial charge in [-0.15, -0.1) is 0 Å². The zero-order valence-electron chi connectivity index (χ0n) is 11.5. The van der Waals surface area contributed by atoms with Crippen molar-refractivity contribution in [1.82, 2.24) is 0 Å². The third-order valence-corrected chi connectivity index (χ3v) is 4.36. The molecule has 1 spiro atoms. The standard InChI is InChI=1S/C15H17F3N2O/c16-15(17,18)10-5-6-11-12(9-10)19-13(21)14(20-11)7-3-1-2-4-8-14/h5-6,9,20H,1-4,7-8H2,(H,19,21). The number of amides is 1. The lowest BCUT2D eigenvalue weighted by molar-refractivity contribution is -0.137. The number of anilines is 2. The Labute approximate surface area is 120 Å². The summed E-state index contributed by atoms with van der Waals surface area (Å²) in [6, 6.07) is 3.45. The highest BCUT2D eigenvalue weighted by Crippen LogP contribution is 2.40. The number of fused-ring (bicyclic) bond motifs is 1. The van der Waals surface area contributed by atoms with Gasteiger partial charge in [0.1, 0.15) is 5.54 Å². The van der Waals surface area contributed by atoms with Crippen molar-refractivity contribution < 1.29 is 18.0 Å². The van der Waals surface area contributed by atoms with Gasteiger partial charge >= 0.3 is 6.18 Å². The summed E-state index contributed by atoms with van der Waals surface area (Å²) in [5, 5.41) is 5.86. The molecule has 3 rings (SSSR count). The molecule has 0 unspecified atom stereocenters. The van der Waals surface area contributed by atoms with Crippen LogP contribution in [0.1, 0.15) is 44.1 Å². The van der Waals surface area contributed by atoms with Crippen molar-refractivity contribution in [3.63, 3.8) is 0 Å². The number of benzene rings is 1. The highest BCUT2D eigenvalue weighted by molar-refractivity contribution is 6.06. The molecule has 0 bridgehead atoms. The van der Waals surface area contributed by atoms with E-state index in [9.17, 15) is 18.0 Å². The molecule has 3 nitrogen and oxygen atoms in total. The van der Waals surface area contributed by atoms with E-state index in [4.69, 9.17) is 0 Å². The summed E-state index contributed by atoms with van der Waals surface area (Å²) in [5.41, 5.74) is -0.627. The molecule has 2 aliphatic rings. The number of carbonyl (C=O) groups excluding carboxylic acids is 1. The molecule has 1 aliphatic carbocycles. The van der Waals surface area contributed by atoms with E-state index in [0.29, 0.717) is 5.69 Å². The van der Waals surface area contributed by atoms with Crippen LogP contribution in [0.15, 0.2) is 18.2 Å². The predicted molar refractivity (Wildman–Crippen MR) is 74.1 cm³/mol. The number of carbonyl (C=O) groups is 1. The number of halogens is 3. The molecule has 1 aliphatic heterocycles. The molecule has 6 heteroatoms. The van der Waals surface area contributed by atoms with Gasteiger partial charge < -0.3 is 10.6 Å². The number of rotatable bonds is 0. The van der Waals surface area contributed by atoms with Gasteiger partial charge in [-0.3, -0.25) is 4.79 Å². The predicted octanol–water partition coefficient (Wildman–Crippen LogP) is 4.16. The lowest BCUT2D eigenvalue weighted by Crippen LogP contribution is -2.52. The molecule has 1 fully saturated rings. The molecule has 1 aromatic carbocycles. The summed E-state index contributed by atoms with van der Waals surface area (Å²) >= 11 is 0. The van der Waals surface area contributed by atoms with Crippen LogP contribution in [-0.2, 0) is 11.0 Å². The summed E-state index contributed by atoms with van der Waals surface area (Å²) < 4.78 is 38.2. The fourth-order valence-electron chi connectivity index (χ4n) is 3.17. The van der Waals surface area contributed by atoms with E-state index in [1.54, 1.807) is 0 Å². The van der Waals surface area contributed by atoms with E-state index in [1.807, 2.05) is 0 Å². The van der Waals surface area contributed by atoms with Crippen molar-refractivity contribution in [2.75, 3.05) is 10.6 Å². The Morgan fingerprint density at radius 2 is 1.67 bits per heavy atom. The molecule has 21 heavy (non-hydrogen) atoms. The Morgan fingerprint density at radius 3 is 2.29 bits per heavy atom. The number of hydrogen-bond donors (Lipinski definition) is 2. The van der Waals surface area contributed by atoms with Crippen molar-refractivity contribution in [2.24, 2.45) is 0 Å². The van der Waals surface area contributed by atoms with E-state index in [2.05, 4.69) is 10.6 Å². The summed E-state index contributed by atoms with van der Waals surface area (Å²) in [6.07, 6.45) is 1.13. The van der Waals surface area contributed by atoms with Crippen LogP contribution in [0.25, 0.3) is 0 Å². The van der Waals surface area contributed by atoms with Gasteiger partial charge in [0.2, 0.25) is 5.91 Å². The van der Waals surface area contributed by atoms with Crippen molar-refractivity contribution in [3.05, 3.63) is 23.8 Å².